The van der Waals surface area contributed by atoms with E-state index >= 15 is 0 Å². The summed E-state index contributed by atoms with van der Waals surface area (Å²) in [6.45, 7) is 0. The molecule has 78 valence electrons. The van der Waals surface area contributed by atoms with Crippen molar-refractivity contribution in [3.05, 3.63) is 34.3 Å². The van der Waals surface area contributed by atoms with Crippen LogP contribution in [0.2, 0.25) is 0 Å². The van der Waals surface area contributed by atoms with E-state index in [0.717, 1.165) is 11.1 Å². The molecule has 0 saturated heterocycles. The van der Waals surface area contributed by atoms with Crippen LogP contribution in [0.5, 0.6) is 0 Å². The van der Waals surface area contributed by atoms with E-state index in [1.807, 2.05) is 18.2 Å². The number of H-pyrrole nitrogens is 1. The van der Waals surface area contributed by atoms with Crippen molar-refractivity contribution in [1.29, 1.82) is 0 Å². The molecule has 0 radical (unpaired) electrons. The molecule has 1 N–H and O–H groups in total. The van der Waals surface area contributed by atoms with Crippen LogP contribution in [-0.2, 0) is 0 Å². The molecule has 1 atom stereocenters. The third-order valence-electron chi connectivity index (χ3n) is 2.80. The van der Waals surface area contributed by atoms with E-state index in [0.29, 0.717) is 11.5 Å². The van der Waals surface area contributed by atoms with Crippen LogP contribution in [0.4, 0.5) is 0 Å². The standard InChI is InChI=1S/C11H10ClNO2/c12-10(6-1-2-6)7-3-4-8-9(5-7)15-11(14)13-8/h3-6,10H,1-2H2,(H,13,14). The highest BCUT2D eigenvalue weighted by Gasteiger charge is 2.30. The van der Waals surface area contributed by atoms with Crippen LogP contribution in [0.1, 0.15) is 23.8 Å². The zero-order chi connectivity index (χ0) is 10.4. The highest BCUT2D eigenvalue weighted by Crippen LogP contribution is 2.45. The second-order valence-corrected chi connectivity index (χ2v) is 4.48. The number of alkyl halides is 1. The van der Waals surface area contributed by atoms with Gasteiger partial charge < -0.3 is 4.42 Å². The molecule has 1 aliphatic carbocycles. The van der Waals surface area contributed by atoms with Crippen LogP contribution < -0.4 is 5.76 Å². The van der Waals surface area contributed by atoms with Crippen LogP contribution >= 0.6 is 11.6 Å². The highest BCUT2D eigenvalue weighted by molar-refractivity contribution is 6.21. The minimum Gasteiger partial charge on any atom is -0.408 e. The lowest BCUT2D eigenvalue weighted by Crippen LogP contribution is -1.92. The predicted molar refractivity (Wildman–Crippen MR) is 58.2 cm³/mol. The Bertz CT molecular complexity index is 553. The Morgan fingerprint density at radius 2 is 2.27 bits per heavy atom. The SMILES string of the molecule is O=c1[nH]c2ccc(C(Cl)C3CC3)cc2o1. The zero-order valence-electron chi connectivity index (χ0n) is 8.00. The fourth-order valence-corrected chi connectivity index (χ4v) is 2.18. The molecule has 0 aliphatic heterocycles. The molecule has 3 rings (SSSR count). The first kappa shape index (κ1) is 9.04. The molecule has 0 bridgehead atoms. The lowest BCUT2D eigenvalue weighted by atomic mass is 10.1. The summed E-state index contributed by atoms with van der Waals surface area (Å²) in [6.07, 6.45) is 2.40. The van der Waals surface area contributed by atoms with Crippen molar-refractivity contribution in [2.24, 2.45) is 5.92 Å². The molecular formula is C11H10ClNO2. The number of rotatable bonds is 2. The van der Waals surface area contributed by atoms with E-state index in [4.69, 9.17) is 16.0 Å². The van der Waals surface area contributed by atoms with Crippen molar-refractivity contribution >= 4 is 22.7 Å². The first-order chi connectivity index (χ1) is 7.24. The third-order valence-corrected chi connectivity index (χ3v) is 3.41. The average Bonchev–Trinajstić information content (AvgIpc) is 2.98. The van der Waals surface area contributed by atoms with Gasteiger partial charge in [-0.05, 0) is 36.5 Å². The highest BCUT2D eigenvalue weighted by atomic mass is 35.5. The summed E-state index contributed by atoms with van der Waals surface area (Å²) < 4.78 is 4.99. The third kappa shape index (κ3) is 1.57. The second kappa shape index (κ2) is 3.14. The van der Waals surface area contributed by atoms with Gasteiger partial charge in [-0.15, -0.1) is 11.6 Å². The van der Waals surface area contributed by atoms with Crippen molar-refractivity contribution in [2.45, 2.75) is 18.2 Å². The van der Waals surface area contributed by atoms with Crippen LogP contribution in [0.15, 0.2) is 27.4 Å². The first-order valence-electron chi connectivity index (χ1n) is 5.01. The number of aromatic nitrogens is 1. The number of fused-ring (bicyclic) bond motifs is 1. The van der Waals surface area contributed by atoms with Gasteiger partial charge in [0.25, 0.3) is 0 Å². The van der Waals surface area contributed by atoms with Gasteiger partial charge >= 0.3 is 5.76 Å². The van der Waals surface area contributed by atoms with Gasteiger partial charge in [0.05, 0.1) is 10.9 Å². The number of hydrogen-bond acceptors (Lipinski definition) is 2. The largest absolute Gasteiger partial charge is 0.417 e. The maximum atomic E-state index is 11.0. The smallest absolute Gasteiger partial charge is 0.408 e. The Labute approximate surface area is 91.0 Å². The van der Waals surface area contributed by atoms with Crippen molar-refractivity contribution in [2.75, 3.05) is 0 Å². The Hall–Kier alpha value is -1.22. The van der Waals surface area contributed by atoms with E-state index in [-0.39, 0.29) is 5.38 Å². The molecule has 1 heterocycles. The Balaban J connectivity index is 2.08. The lowest BCUT2D eigenvalue weighted by molar-refractivity contribution is 0.555. The van der Waals surface area contributed by atoms with Crippen LogP contribution in [0.25, 0.3) is 11.1 Å². The minimum absolute atomic E-state index is 0.0506. The Kier molecular flexibility index (Phi) is 1.89. The average molecular weight is 224 g/mol. The summed E-state index contributed by atoms with van der Waals surface area (Å²) in [5.41, 5.74) is 2.35. The maximum absolute atomic E-state index is 11.0. The molecule has 0 spiro atoms. The molecule has 3 nitrogen and oxygen atoms in total. The second-order valence-electron chi connectivity index (χ2n) is 4.01. The van der Waals surface area contributed by atoms with Crippen molar-refractivity contribution in [3.8, 4) is 0 Å². The summed E-state index contributed by atoms with van der Waals surface area (Å²) in [6, 6.07) is 5.64. The number of oxazole rings is 1. The van der Waals surface area contributed by atoms with Gasteiger partial charge in [0, 0.05) is 0 Å². The number of hydrogen-bond donors (Lipinski definition) is 1. The molecule has 1 aromatic heterocycles. The van der Waals surface area contributed by atoms with Crippen molar-refractivity contribution in [3.63, 3.8) is 0 Å². The molecule has 2 aromatic rings. The van der Waals surface area contributed by atoms with Gasteiger partial charge in [-0.25, -0.2) is 4.79 Å². The van der Waals surface area contributed by atoms with Crippen molar-refractivity contribution in [1.82, 2.24) is 4.98 Å². The molecular weight excluding hydrogens is 214 g/mol. The van der Waals surface area contributed by atoms with Gasteiger partial charge in [0.15, 0.2) is 5.58 Å². The van der Waals surface area contributed by atoms with Crippen LogP contribution in [0, 0.1) is 5.92 Å². The molecule has 1 fully saturated rings. The summed E-state index contributed by atoms with van der Waals surface area (Å²) in [4.78, 5) is 13.6. The normalized spacial score (nSPS) is 18.2. The minimum atomic E-state index is -0.417. The van der Waals surface area contributed by atoms with Crippen molar-refractivity contribution < 1.29 is 4.42 Å². The number of aromatic amines is 1. The predicted octanol–water partition coefficient (Wildman–Crippen LogP) is 2.81. The summed E-state index contributed by atoms with van der Waals surface area (Å²) in [5.74, 6) is 0.175. The van der Waals surface area contributed by atoms with Gasteiger partial charge in [-0.3, -0.25) is 4.98 Å². The van der Waals surface area contributed by atoms with E-state index in [2.05, 4.69) is 4.98 Å². The molecule has 1 saturated carbocycles. The lowest BCUT2D eigenvalue weighted by Gasteiger charge is -2.06. The molecule has 4 heteroatoms. The molecule has 1 aromatic carbocycles. The topological polar surface area (TPSA) is 46.0 Å². The van der Waals surface area contributed by atoms with Crippen LogP contribution in [0.3, 0.4) is 0 Å². The quantitative estimate of drug-likeness (QED) is 0.796. The summed E-state index contributed by atoms with van der Waals surface area (Å²) in [5, 5.41) is 0.0506. The van der Waals surface area contributed by atoms with E-state index in [1.54, 1.807) is 0 Å². The van der Waals surface area contributed by atoms with Gasteiger partial charge in [0.1, 0.15) is 0 Å². The van der Waals surface area contributed by atoms with Gasteiger partial charge in [-0.1, -0.05) is 6.07 Å². The molecule has 1 aliphatic rings. The Morgan fingerprint density at radius 3 is 3.00 bits per heavy atom. The number of nitrogens with one attached hydrogen (secondary N) is 1. The molecule has 15 heavy (non-hydrogen) atoms. The van der Waals surface area contributed by atoms with E-state index in [9.17, 15) is 4.79 Å². The summed E-state index contributed by atoms with van der Waals surface area (Å²) in [7, 11) is 0. The summed E-state index contributed by atoms with van der Waals surface area (Å²) >= 11 is 6.28. The monoisotopic (exact) mass is 223 g/mol. The fourth-order valence-electron chi connectivity index (χ4n) is 1.79. The van der Waals surface area contributed by atoms with Gasteiger partial charge in [0.2, 0.25) is 0 Å². The van der Waals surface area contributed by atoms with Gasteiger partial charge in [-0.2, -0.15) is 0 Å². The van der Waals surface area contributed by atoms with E-state index < -0.39 is 5.76 Å². The van der Waals surface area contributed by atoms with E-state index in [1.165, 1.54) is 12.8 Å². The first-order valence-corrected chi connectivity index (χ1v) is 5.44. The zero-order valence-corrected chi connectivity index (χ0v) is 8.75. The fraction of sp³-hybridized carbons (Fsp3) is 0.364. The van der Waals surface area contributed by atoms with Crippen LogP contribution in [-0.4, -0.2) is 4.98 Å². The number of halogens is 1. The molecule has 1 unspecified atom stereocenters. The maximum Gasteiger partial charge on any atom is 0.417 e. The Morgan fingerprint density at radius 1 is 1.47 bits per heavy atom. The molecule has 0 amide bonds. The number of benzene rings is 1.